The van der Waals surface area contributed by atoms with E-state index < -0.39 is 12.2 Å². The zero-order valence-corrected chi connectivity index (χ0v) is 13.2. The Bertz CT molecular complexity index is 494. The minimum atomic E-state index is -0.609. The van der Waals surface area contributed by atoms with Gasteiger partial charge in [-0.2, -0.15) is 0 Å². The van der Waals surface area contributed by atoms with Crippen molar-refractivity contribution in [3.05, 3.63) is 29.3 Å². The van der Waals surface area contributed by atoms with Gasteiger partial charge < -0.3 is 14.7 Å². The summed E-state index contributed by atoms with van der Waals surface area (Å²) in [4.78, 5) is 14.1. The van der Waals surface area contributed by atoms with Crippen LogP contribution in [0.1, 0.15) is 32.6 Å². The number of hydrogen-bond donors (Lipinski definition) is 1. The number of rotatable bonds is 4. The Morgan fingerprint density at radius 2 is 2.14 bits per heavy atom. The number of halogens is 1. The Kier molecular flexibility index (Phi) is 5.48. The Balaban J connectivity index is 1.98. The molecule has 1 aliphatic rings. The Morgan fingerprint density at radius 1 is 1.43 bits per heavy atom. The summed E-state index contributed by atoms with van der Waals surface area (Å²) >= 11 is 5.90. The molecule has 1 aliphatic carbocycles. The lowest BCUT2D eigenvalue weighted by Crippen LogP contribution is -2.50. The normalized spacial score (nSPS) is 23.4. The van der Waals surface area contributed by atoms with E-state index in [9.17, 15) is 9.90 Å². The van der Waals surface area contributed by atoms with Crippen molar-refractivity contribution in [1.82, 2.24) is 4.90 Å². The summed E-state index contributed by atoms with van der Waals surface area (Å²) in [6, 6.07) is 6.87. The fourth-order valence-corrected chi connectivity index (χ4v) is 2.97. The van der Waals surface area contributed by atoms with Gasteiger partial charge in [-0.25, -0.2) is 0 Å². The standard InChI is InChI=1S/C16H22ClNO3/c1-11(21-13-7-5-6-12(17)10-13)16(20)18(2)14-8-3-4-9-15(14)19/h5-7,10-11,14-15,19H,3-4,8-9H2,1-2H3. The van der Waals surface area contributed by atoms with Gasteiger partial charge in [0.05, 0.1) is 12.1 Å². The van der Waals surface area contributed by atoms with Crippen molar-refractivity contribution in [2.75, 3.05) is 7.05 Å². The number of carbonyl (C=O) groups excluding carboxylic acids is 1. The maximum Gasteiger partial charge on any atom is 0.263 e. The minimum absolute atomic E-state index is 0.114. The van der Waals surface area contributed by atoms with Gasteiger partial charge in [0, 0.05) is 12.1 Å². The number of ether oxygens (including phenoxy) is 1. The van der Waals surface area contributed by atoms with Crippen LogP contribution in [0.5, 0.6) is 5.75 Å². The van der Waals surface area contributed by atoms with Crippen LogP contribution < -0.4 is 4.74 Å². The van der Waals surface area contributed by atoms with Gasteiger partial charge in [-0.1, -0.05) is 30.5 Å². The first kappa shape index (κ1) is 16.1. The smallest absolute Gasteiger partial charge is 0.263 e. The molecule has 0 spiro atoms. The van der Waals surface area contributed by atoms with Gasteiger partial charge in [0.2, 0.25) is 0 Å². The van der Waals surface area contributed by atoms with Gasteiger partial charge in [-0.3, -0.25) is 4.79 Å². The molecule has 0 saturated heterocycles. The summed E-state index contributed by atoms with van der Waals surface area (Å²) in [5.74, 6) is 0.446. The van der Waals surface area contributed by atoms with Crippen LogP contribution in [0, 0.1) is 0 Å². The average molecular weight is 312 g/mol. The van der Waals surface area contributed by atoms with Crippen LogP contribution in [0.25, 0.3) is 0 Å². The van der Waals surface area contributed by atoms with E-state index in [4.69, 9.17) is 16.3 Å². The molecule has 4 nitrogen and oxygen atoms in total. The van der Waals surface area contributed by atoms with E-state index in [2.05, 4.69) is 0 Å². The number of carbonyl (C=O) groups is 1. The highest BCUT2D eigenvalue weighted by Crippen LogP contribution is 2.24. The first-order valence-corrected chi connectivity index (χ1v) is 7.74. The second kappa shape index (κ2) is 7.14. The molecule has 5 heteroatoms. The molecule has 0 heterocycles. The van der Waals surface area contributed by atoms with Gasteiger partial charge in [0.1, 0.15) is 5.75 Å². The molecule has 1 fully saturated rings. The van der Waals surface area contributed by atoms with Crippen LogP contribution in [0.2, 0.25) is 5.02 Å². The van der Waals surface area contributed by atoms with Crippen molar-refractivity contribution in [2.45, 2.75) is 50.9 Å². The van der Waals surface area contributed by atoms with Crippen molar-refractivity contribution in [1.29, 1.82) is 0 Å². The fourth-order valence-electron chi connectivity index (χ4n) is 2.79. The summed E-state index contributed by atoms with van der Waals surface area (Å²) in [6.45, 7) is 1.72. The molecule has 1 N–H and O–H groups in total. The molecule has 0 aliphatic heterocycles. The number of amides is 1. The fraction of sp³-hybridized carbons (Fsp3) is 0.562. The lowest BCUT2D eigenvalue weighted by atomic mass is 9.91. The van der Waals surface area contributed by atoms with Gasteiger partial charge in [-0.15, -0.1) is 0 Å². The largest absolute Gasteiger partial charge is 0.481 e. The van der Waals surface area contributed by atoms with Crippen LogP contribution in [0.15, 0.2) is 24.3 Å². The lowest BCUT2D eigenvalue weighted by Gasteiger charge is -2.36. The van der Waals surface area contributed by atoms with E-state index in [-0.39, 0.29) is 11.9 Å². The monoisotopic (exact) mass is 311 g/mol. The highest BCUT2D eigenvalue weighted by Gasteiger charge is 2.31. The highest BCUT2D eigenvalue weighted by atomic mass is 35.5. The molecule has 0 radical (unpaired) electrons. The molecular weight excluding hydrogens is 290 g/mol. The SMILES string of the molecule is CC(Oc1cccc(Cl)c1)C(=O)N(C)C1CCCCC1O. The third-order valence-corrected chi connectivity index (χ3v) is 4.23. The third kappa shape index (κ3) is 4.11. The van der Waals surface area contributed by atoms with Crippen LogP contribution in [0.3, 0.4) is 0 Å². The zero-order chi connectivity index (χ0) is 15.4. The zero-order valence-electron chi connectivity index (χ0n) is 12.5. The molecule has 3 unspecified atom stereocenters. The number of hydrogen-bond acceptors (Lipinski definition) is 3. The minimum Gasteiger partial charge on any atom is -0.481 e. The van der Waals surface area contributed by atoms with Gasteiger partial charge in [-0.05, 0) is 38.0 Å². The van der Waals surface area contributed by atoms with Gasteiger partial charge in [0.15, 0.2) is 6.10 Å². The summed E-state index contributed by atoms with van der Waals surface area (Å²) < 4.78 is 5.65. The molecule has 0 aromatic heterocycles. The first-order valence-electron chi connectivity index (χ1n) is 7.36. The van der Waals surface area contributed by atoms with Crippen LogP contribution in [-0.2, 0) is 4.79 Å². The average Bonchev–Trinajstić information content (AvgIpc) is 2.46. The molecular formula is C16H22ClNO3. The summed E-state index contributed by atoms with van der Waals surface area (Å²) in [5.41, 5.74) is 0. The molecule has 116 valence electrons. The molecule has 2 rings (SSSR count). The predicted molar refractivity (Wildman–Crippen MR) is 82.6 cm³/mol. The lowest BCUT2D eigenvalue weighted by molar-refractivity contribution is -0.142. The molecule has 21 heavy (non-hydrogen) atoms. The molecule has 1 aromatic carbocycles. The maximum absolute atomic E-state index is 12.4. The molecule has 3 atom stereocenters. The van der Waals surface area contributed by atoms with E-state index in [0.717, 1.165) is 25.7 Å². The third-order valence-electron chi connectivity index (χ3n) is 4.00. The number of benzene rings is 1. The van der Waals surface area contributed by atoms with Crippen molar-refractivity contribution in [3.63, 3.8) is 0 Å². The van der Waals surface area contributed by atoms with E-state index in [1.54, 1.807) is 43.1 Å². The van der Waals surface area contributed by atoms with E-state index in [1.165, 1.54) is 0 Å². The highest BCUT2D eigenvalue weighted by molar-refractivity contribution is 6.30. The maximum atomic E-state index is 12.4. The second-order valence-electron chi connectivity index (χ2n) is 5.59. The first-order chi connectivity index (χ1) is 9.99. The number of likely N-dealkylation sites (N-methyl/N-ethyl adjacent to an activating group) is 1. The van der Waals surface area contributed by atoms with Gasteiger partial charge in [0.25, 0.3) is 5.91 Å². The Hall–Kier alpha value is -1.26. The van der Waals surface area contributed by atoms with E-state index >= 15 is 0 Å². The Morgan fingerprint density at radius 3 is 2.81 bits per heavy atom. The van der Waals surface area contributed by atoms with Crippen molar-refractivity contribution in [2.24, 2.45) is 0 Å². The van der Waals surface area contributed by atoms with Crippen LogP contribution in [0.4, 0.5) is 0 Å². The van der Waals surface area contributed by atoms with Crippen LogP contribution in [-0.4, -0.2) is 41.2 Å². The second-order valence-corrected chi connectivity index (χ2v) is 6.02. The Labute approximate surface area is 130 Å². The van der Waals surface area contributed by atoms with Crippen LogP contribution >= 0.6 is 11.6 Å². The number of aliphatic hydroxyl groups is 1. The van der Waals surface area contributed by atoms with E-state index in [1.807, 2.05) is 0 Å². The van der Waals surface area contributed by atoms with Gasteiger partial charge >= 0.3 is 0 Å². The number of aliphatic hydroxyl groups excluding tert-OH is 1. The topological polar surface area (TPSA) is 49.8 Å². The summed E-state index contributed by atoms with van der Waals surface area (Å²) in [5, 5.41) is 10.6. The van der Waals surface area contributed by atoms with Crippen molar-refractivity contribution >= 4 is 17.5 Å². The molecule has 1 amide bonds. The summed E-state index contributed by atoms with van der Waals surface area (Å²) in [6.07, 6.45) is 2.62. The number of nitrogens with zero attached hydrogens (tertiary/aromatic N) is 1. The molecule has 1 aromatic rings. The summed E-state index contributed by atoms with van der Waals surface area (Å²) in [7, 11) is 1.74. The molecule has 0 bridgehead atoms. The van der Waals surface area contributed by atoms with Crippen molar-refractivity contribution in [3.8, 4) is 5.75 Å². The quantitative estimate of drug-likeness (QED) is 0.930. The molecule has 1 saturated carbocycles. The van der Waals surface area contributed by atoms with E-state index in [0.29, 0.717) is 10.8 Å². The van der Waals surface area contributed by atoms with Crippen molar-refractivity contribution < 1.29 is 14.6 Å². The predicted octanol–water partition coefficient (Wildman–Crippen LogP) is 2.87.